The monoisotopic (exact) mass is 682 g/mol. The van der Waals surface area contributed by atoms with E-state index in [9.17, 15) is 45.3 Å². The number of nitrogens with one attached hydrogen (secondary N) is 2. The number of aliphatic hydroxyl groups is 7. The van der Waals surface area contributed by atoms with Gasteiger partial charge in [-0.2, -0.15) is 0 Å². The number of carbonyl (C=O) groups is 2. The summed E-state index contributed by atoms with van der Waals surface area (Å²) in [5.41, 5.74) is -0.598. The minimum Gasteiger partial charge on any atom is -0.444 e. The van der Waals surface area contributed by atoms with E-state index in [1.165, 1.54) is 0 Å². The predicted octanol–water partition coefficient (Wildman–Crippen LogP) is -2.38. The Morgan fingerprint density at radius 3 is 2.09 bits per heavy atom. The van der Waals surface area contributed by atoms with Gasteiger partial charge in [0.05, 0.1) is 50.1 Å². The molecular formula is C30H54N2O15. The van der Waals surface area contributed by atoms with Crippen molar-refractivity contribution in [2.24, 2.45) is 5.92 Å². The maximum Gasteiger partial charge on any atom is 0.407 e. The van der Waals surface area contributed by atoms with Gasteiger partial charge < -0.3 is 74.8 Å². The van der Waals surface area contributed by atoms with Crippen molar-refractivity contribution in [1.29, 1.82) is 0 Å². The van der Waals surface area contributed by atoms with Gasteiger partial charge in [0, 0.05) is 13.0 Å². The van der Waals surface area contributed by atoms with E-state index in [1.807, 2.05) is 0 Å². The van der Waals surface area contributed by atoms with E-state index in [2.05, 4.69) is 10.6 Å². The van der Waals surface area contributed by atoms with Crippen LogP contribution in [-0.2, 0) is 33.2 Å². The molecule has 3 rings (SSSR count). The number of hydrogen-bond donors (Lipinski definition) is 9. The lowest BCUT2D eigenvalue weighted by molar-refractivity contribution is -0.353. The lowest BCUT2D eigenvalue weighted by Crippen LogP contribution is -2.66. The third-order valence-electron chi connectivity index (χ3n) is 8.40. The molecule has 3 aliphatic heterocycles. The van der Waals surface area contributed by atoms with Crippen LogP contribution < -0.4 is 10.6 Å². The van der Waals surface area contributed by atoms with Crippen LogP contribution in [0.15, 0.2) is 0 Å². The highest BCUT2D eigenvalue weighted by Crippen LogP contribution is 2.34. The highest BCUT2D eigenvalue weighted by molar-refractivity contribution is 5.76. The van der Waals surface area contributed by atoms with Crippen LogP contribution in [0, 0.1) is 5.92 Å². The molecule has 0 aromatic carbocycles. The van der Waals surface area contributed by atoms with Crippen molar-refractivity contribution in [3.8, 4) is 0 Å². The number of hydrogen-bond acceptors (Lipinski definition) is 15. The van der Waals surface area contributed by atoms with E-state index in [0.717, 1.165) is 0 Å². The normalized spacial score (nSPS) is 39.7. The average Bonchev–Trinajstić information content (AvgIpc) is 2.99. The Bertz CT molecular complexity index is 985. The molecule has 0 aromatic rings. The molecule has 3 fully saturated rings. The number of rotatable bonds is 13. The Kier molecular flexibility index (Phi) is 15.0. The van der Waals surface area contributed by atoms with E-state index in [1.54, 1.807) is 34.6 Å². The van der Waals surface area contributed by atoms with Gasteiger partial charge in [-0.1, -0.05) is 6.42 Å². The zero-order valence-corrected chi connectivity index (χ0v) is 27.6. The van der Waals surface area contributed by atoms with Crippen LogP contribution in [0.5, 0.6) is 0 Å². The largest absolute Gasteiger partial charge is 0.444 e. The molecular weight excluding hydrogens is 628 g/mol. The fourth-order valence-electron chi connectivity index (χ4n) is 5.81. The third kappa shape index (κ3) is 10.9. The second-order valence-electron chi connectivity index (χ2n) is 13.4. The molecule has 0 saturated carbocycles. The molecule has 17 heteroatoms. The molecule has 0 aliphatic carbocycles. The molecule has 0 spiro atoms. The number of alkyl carbamates (subject to hydrolysis) is 1. The maximum atomic E-state index is 12.8. The maximum absolute atomic E-state index is 12.8. The van der Waals surface area contributed by atoms with Crippen LogP contribution in [0.25, 0.3) is 0 Å². The van der Waals surface area contributed by atoms with Crippen molar-refractivity contribution in [1.82, 2.24) is 10.6 Å². The summed E-state index contributed by atoms with van der Waals surface area (Å²) < 4.78 is 34.0. The molecule has 8 unspecified atom stereocenters. The predicted molar refractivity (Wildman–Crippen MR) is 160 cm³/mol. The van der Waals surface area contributed by atoms with Crippen molar-refractivity contribution in [2.45, 2.75) is 146 Å². The fourth-order valence-corrected chi connectivity index (χ4v) is 5.81. The van der Waals surface area contributed by atoms with Crippen molar-refractivity contribution in [3.05, 3.63) is 0 Å². The number of unbranched alkanes of at least 4 members (excludes halogenated alkanes) is 2. The Labute approximate surface area is 274 Å². The van der Waals surface area contributed by atoms with Gasteiger partial charge in [-0.25, -0.2) is 4.79 Å². The highest BCUT2D eigenvalue weighted by atomic mass is 16.7. The summed E-state index contributed by atoms with van der Waals surface area (Å²) in [6, 6.07) is -1.05. The Morgan fingerprint density at radius 1 is 0.809 bits per heavy atom. The zero-order chi connectivity index (χ0) is 35.1. The van der Waals surface area contributed by atoms with Crippen molar-refractivity contribution >= 4 is 12.0 Å². The second-order valence-corrected chi connectivity index (χ2v) is 13.4. The fraction of sp³-hybridized carbons (Fsp3) is 0.933. The standard InChI is InChI=1S/C30H54N2O15/c1-14-26(45-27-16(11-33)21(37)25(15(2)44-27)46-28-24(40)22(38)17(35)13-42-28)23(39)20(18(12-34)43-14)32-19(36)9-7-6-8-10-31-29(41)47-30(3,4)5/h14-18,20-28,33-35,37-40H,6-13H2,1-5H3,(H,31,41)(H,32,36)/t14-,15?,16?,17+,18?,20-,21?,22?,23?,24?,25-,26?,27-,28-/m0/s1. The van der Waals surface area contributed by atoms with Crippen LogP contribution in [0.3, 0.4) is 0 Å². The van der Waals surface area contributed by atoms with Gasteiger partial charge in [-0.15, -0.1) is 0 Å². The number of carbonyl (C=O) groups excluding carboxylic acids is 2. The lowest BCUT2D eigenvalue weighted by Gasteiger charge is -2.48. The van der Waals surface area contributed by atoms with Crippen LogP contribution in [0.4, 0.5) is 4.79 Å². The quantitative estimate of drug-likeness (QED) is 0.0920. The zero-order valence-electron chi connectivity index (χ0n) is 27.6. The van der Waals surface area contributed by atoms with Crippen LogP contribution in [0.2, 0.25) is 0 Å². The molecule has 274 valence electrons. The first-order valence-electron chi connectivity index (χ1n) is 16.2. The van der Waals surface area contributed by atoms with Crippen LogP contribution >= 0.6 is 0 Å². The molecule has 0 aromatic heterocycles. The Morgan fingerprint density at radius 2 is 1.45 bits per heavy atom. The van der Waals surface area contributed by atoms with Gasteiger partial charge in [0.25, 0.3) is 0 Å². The summed E-state index contributed by atoms with van der Waals surface area (Å²) in [7, 11) is 0. The minimum absolute atomic E-state index is 0.119. The molecule has 3 heterocycles. The number of ether oxygens (including phenoxy) is 6. The first kappa shape index (κ1) is 39.7. The summed E-state index contributed by atoms with van der Waals surface area (Å²) in [5.74, 6) is -1.49. The van der Waals surface area contributed by atoms with E-state index in [0.29, 0.717) is 25.8 Å². The molecule has 3 saturated heterocycles. The average molecular weight is 683 g/mol. The van der Waals surface area contributed by atoms with Crippen LogP contribution in [0.1, 0.15) is 60.3 Å². The van der Waals surface area contributed by atoms with Gasteiger partial charge in [0.1, 0.15) is 48.3 Å². The molecule has 0 radical (unpaired) electrons. The number of aliphatic hydroxyl groups excluding tert-OH is 7. The minimum atomic E-state index is -1.61. The van der Waals surface area contributed by atoms with Crippen molar-refractivity contribution in [3.63, 3.8) is 0 Å². The third-order valence-corrected chi connectivity index (χ3v) is 8.40. The summed E-state index contributed by atoms with van der Waals surface area (Å²) in [5, 5.41) is 77.8. The Hall–Kier alpha value is -1.74. The van der Waals surface area contributed by atoms with Crippen molar-refractivity contribution < 1.29 is 73.8 Å². The molecule has 47 heavy (non-hydrogen) atoms. The van der Waals surface area contributed by atoms with Gasteiger partial charge in [0.15, 0.2) is 12.6 Å². The molecule has 0 bridgehead atoms. The second kappa shape index (κ2) is 17.8. The lowest BCUT2D eigenvalue weighted by atomic mass is 9.90. The van der Waals surface area contributed by atoms with Gasteiger partial charge in [-0.05, 0) is 47.5 Å². The van der Waals surface area contributed by atoms with Gasteiger partial charge in [-0.3, -0.25) is 4.79 Å². The first-order chi connectivity index (χ1) is 22.1. The number of amides is 2. The summed E-state index contributed by atoms with van der Waals surface area (Å²) >= 11 is 0. The van der Waals surface area contributed by atoms with Crippen molar-refractivity contribution in [2.75, 3.05) is 26.4 Å². The van der Waals surface area contributed by atoms with E-state index in [4.69, 9.17) is 28.4 Å². The molecule has 3 aliphatic rings. The van der Waals surface area contributed by atoms with Gasteiger partial charge in [0.2, 0.25) is 5.91 Å². The van der Waals surface area contributed by atoms with E-state index >= 15 is 0 Å². The highest BCUT2D eigenvalue weighted by Gasteiger charge is 2.51. The van der Waals surface area contributed by atoms with E-state index in [-0.39, 0.29) is 18.9 Å². The molecule has 9 N–H and O–H groups in total. The Balaban J connectivity index is 1.54. The van der Waals surface area contributed by atoms with Crippen LogP contribution in [-0.4, -0.2) is 159 Å². The molecule has 17 nitrogen and oxygen atoms in total. The first-order valence-corrected chi connectivity index (χ1v) is 16.2. The van der Waals surface area contributed by atoms with Gasteiger partial charge >= 0.3 is 6.09 Å². The summed E-state index contributed by atoms with van der Waals surface area (Å²) in [6.07, 6.45) is -13.4. The summed E-state index contributed by atoms with van der Waals surface area (Å²) in [4.78, 5) is 24.5. The smallest absolute Gasteiger partial charge is 0.407 e. The molecule has 14 atom stereocenters. The molecule has 2 amide bonds. The summed E-state index contributed by atoms with van der Waals surface area (Å²) in [6.45, 7) is 7.41. The topological polar surface area (TPSA) is 255 Å². The SMILES string of the molecule is CC1O[C@@H](OC2C(O)[C@@H](NC(=O)CCCCCNC(=O)OC(C)(C)C)C(CO)O[C@H]2C)C(CO)C(O)[C@H]1O[C@@H]1OC[C@@H](O)C(O)C1O. The van der Waals surface area contributed by atoms with E-state index < -0.39 is 110 Å².